The summed E-state index contributed by atoms with van der Waals surface area (Å²) >= 11 is 0. The number of hydrogen-bond acceptors (Lipinski definition) is 7. The number of likely N-dealkylation sites (tertiary alicyclic amines) is 1. The number of nitrogen functional groups attached to an aromatic ring is 1. The van der Waals surface area contributed by atoms with Gasteiger partial charge in [-0.1, -0.05) is 6.07 Å². The van der Waals surface area contributed by atoms with Crippen molar-refractivity contribution in [2.75, 3.05) is 23.5 Å². The highest BCUT2D eigenvalue weighted by molar-refractivity contribution is 7.93. The molecule has 0 radical (unpaired) electrons. The number of alkyl halides is 2. The van der Waals surface area contributed by atoms with Gasteiger partial charge < -0.3 is 15.7 Å². The fourth-order valence-corrected chi connectivity index (χ4v) is 5.25. The quantitative estimate of drug-likeness (QED) is 0.321. The van der Waals surface area contributed by atoms with Crippen LogP contribution < -0.4 is 10.5 Å². The molecule has 4 heterocycles. The molecule has 0 aliphatic carbocycles. The van der Waals surface area contributed by atoms with Gasteiger partial charge in [0, 0.05) is 49.2 Å². The number of benzene rings is 1. The summed E-state index contributed by atoms with van der Waals surface area (Å²) < 4.78 is 67.9. The van der Waals surface area contributed by atoms with Gasteiger partial charge in [-0.3, -0.25) is 14.1 Å². The monoisotopic (exact) mass is 564 g/mol. The summed E-state index contributed by atoms with van der Waals surface area (Å²) in [5, 5.41) is 18.6. The van der Waals surface area contributed by atoms with Gasteiger partial charge in [0.25, 0.3) is 10.0 Å². The summed E-state index contributed by atoms with van der Waals surface area (Å²) in [6.45, 7) is 0.819. The van der Waals surface area contributed by atoms with Gasteiger partial charge in [-0.05, 0) is 25.0 Å². The first-order valence-electron chi connectivity index (χ1n) is 11.7. The van der Waals surface area contributed by atoms with E-state index in [0.717, 1.165) is 12.1 Å². The second-order valence-corrected chi connectivity index (χ2v) is 10.7. The molecule has 1 amide bonds. The van der Waals surface area contributed by atoms with Crippen molar-refractivity contribution in [1.29, 1.82) is 0 Å². The minimum atomic E-state index is -5.05. The Morgan fingerprint density at radius 1 is 1.21 bits per heavy atom. The van der Waals surface area contributed by atoms with E-state index in [1.807, 2.05) is 6.20 Å². The van der Waals surface area contributed by atoms with Gasteiger partial charge in [-0.25, -0.2) is 22.6 Å². The average molecular weight is 565 g/mol. The normalized spacial score (nSPS) is 14.8. The van der Waals surface area contributed by atoms with Gasteiger partial charge in [0.1, 0.15) is 17.3 Å². The van der Waals surface area contributed by atoms with E-state index >= 15 is 0 Å². The number of pyridine rings is 1. The molecule has 0 atom stereocenters. The number of nitrogens with zero attached hydrogens (tertiary/aromatic N) is 6. The molecule has 5 rings (SSSR count). The van der Waals surface area contributed by atoms with Crippen LogP contribution in [0.1, 0.15) is 18.9 Å². The Bertz CT molecular complexity index is 1680. The number of anilines is 2. The average Bonchev–Trinajstić information content (AvgIpc) is 3.51. The van der Waals surface area contributed by atoms with Crippen LogP contribution in [-0.2, 0) is 17.1 Å². The lowest BCUT2D eigenvalue weighted by Crippen LogP contribution is -2.38. The molecule has 1 aliphatic rings. The first-order valence-corrected chi connectivity index (χ1v) is 13.2. The van der Waals surface area contributed by atoms with E-state index in [4.69, 9.17) is 5.73 Å². The Labute approximate surface area is 219 Å². The van der Waals surface area contributed by atoms with Crippen LogP contribution in [0.25, 0.3) is 33.3 Å². The number of sulfonamides is 1. The van der Waals surface area contributed by atoms with E-state index in [9.17, 15) is 31.5 Å². The zero-order valence-corrected chi connectivity index (χ0v) is 21.2. The van der Waals surface area contributed by atoms with E-state index in [1.54, 1.807) is 28.8 Å². The first kappa shape index (κ1) is 26.3. The third kappa shape index (κ3) is 4.82. The lowest BCUT2D eigenvalue weighted by molar-refractivity contribution is 0.124. The van der Waals surface area contributed by atoms with Gasteiger partial charge in [0.15, 0.2) is 0 Å². The molecular formula is C23H23F3N8O4S. The third-order valence-electron chi connectivity index (χ3n) is 6.64. The van der Waals surface area contributed by atoms with Crippen LogP contribution in [0.3, 0.4) is 0 Å². The second kappa shape index (κ2) is 9.76. The van der Waals surface area contributed by atoms with Gasteiger partial charge in [0.2, 0.25) is 0 Å². The molecule has 16 heteroatoms. The van der Waals surface area contributed by atoms with Crippen LogP contribution in [-0.4, -0.2) is 67.9 Å². The molecule has 1 aromatic carbocycles. The van der Waals surface area contributed by atoms with Crippen molar-refractivity contribution >= 4 is 38.5 Å². The van der Waals surface area contributed by atoms with Crippen LogP contribution in [0.2, 0.25) is 0 Å². The Morgan fingerprint density at radius 2 is 1.92 bits per heavy atom. The highest BCUT2D eigenvalue weighted by Crippen LogP contribution is 2.38. The number of piperidine rings is 1. The largest absolute Gasteiger partial charge is 0.465 e. The van der Waals surface area contributed by atoms with Crippen molar-refractivity contribution in [3.05, 3.63) is 42.6 Å². The molecule has 12 nitrogen and oxygen atoms in total. The molecular weight excluding hydrogens is 541 g/mol. The van der Waals surface area contributed by atoms with Crippen LogP contribution in [0.4, 0.5) is 29.5 Å². The summed E-state index contributed by atoms with van der Waals surface area (Å²) in [5.74, 6) is -4.68. The van der Waals surface area contributed by atoms with Gasteiger partial charge in [-0.15, -0.1) is 0 Å². The number of hydrogen-bond donors (Lipinski definition) is 3. The Balaban J connectivity index is 1.50. The number of nitrogens with two attached hydrogens (primary N) is 1. The Hall–Kier alpha value is -4.34. The Kier molecular flexibility index (Phi) is 6.57. The number of carboxylic acid groups (broad SMARTS) is 1. The SMILES string of the molecule is Cn1nc(-c2ccc(NS(=O)(=O)C(F)F)c(F)c2)c2c(N)ncc(-c3cnn(C4CCN(C(=O)O)CC4)c3)c21. The van der Waals surface area contributed by atoms with E-state index in [0.29, 0.717) is 48.0 Å². The number of aromatic nitrogens is 5. The summed E-state index contributed by atoms with van der Waals surface area (Å²) in [6.07, 6.45) is 5.36. The molecule has 1 aliphatic heterocycles. The molecule has 0 bridgehead atoms. The molecule has 0 spiro atoms. The summed E-state index contributed by atoms with van der Waals surface area (Å²) in [5.41, 5.74) is 7.99. The maximum Gasteiger partial charge on any atom is 0.407 e. The molecule has 39 heavy (non-hydrogen) atoms. The van der Waals surface area contributed by atoms with E-state index in [2.05, 4.69) is 15.2 Å². The van der Waals surface area contributed by atoms with Crippen molar-refractivity contribution in [2.24, 2.45) is 7.05 Å². The molecule has 4 N–H and O–H groups in total. The summed E-state index contributed by atoms with van der Waals surface area (Å²) in [4.78, 5) is 16.9. The Morgan fingerprint density at radius 3 is 2.56 bits per heavy atom. The van der Waals surface area contributed by atoms with Gasteiger partial charge in [0.05, 0.1) is 28.8 Å². The number of amides is 1. The van der Waals surface area contributed by atoms with Crippen LogP contribution in [0.5, 0.6) is 0 Å². The lowest BCUT2D eigenvalue weighted by Gasteiger charge is -2.30. The van der Waals surface area contributed by atoms with E-state index in [-0.39, 0.29) is 23.1 Å². The number of nitrogens with one attached hydrogen (secondary N) is 1. The highest BCUT2D eigenvalue weighted by Gasteiger charge is 2.27. The lowest BCUT2D eigenvalue weighted by atomic mass is 10.0. The minimum absolute atomic E-state index is 0.0256. The zero-order chi connectivity index (χ0) is 28.1. The topological polar surface area (TPSA) is 161 Å². The maximum absolute atomic E-state index is 14.7. The molecule has 1 fully saturated rings. The number of rotatable bonds is 6. The number of carbonyl (C=O) groups is 1. The molecule has 3 aromatic heterocycles. The van der Waals surface area contributed by atoms with Gasteiger partial charge in [-0.2, -0.15) is 19.0 Å². The van der Waals surface area contributed by atoms with Crippen molar-refractivity contribution < 1.29 is 31.5 Å². The van der Waals surface area contributed by atoms with Crippen LogP contribution >= 0.6 is 0 Å². The predicted molar refractivity (Wildman–Crippen MR) is 136 cm³/mol. The summed E-state index contributed by atoms with van der Waals surface area (Å²) in [6, 6.07) is 3.36. The van der Waals surface area contributed by atoms with Gasteiger partial charge >= 0.3 is 11.9 Å². The van der Waals surface area contributed by atoms with Crippen molar-refractivity contribution in [3.8, 4) is 22.4 Å². The minimum Gasteiger partial charge on any atom is -0.465 e. The first-order chi connectivity index (χ1) is 18.5. The van der Waals surface area contributed by atoms with E-state index < -0.39 is 33.4 Å². The number of fused-ring (bicyclic) bond motifs is 1. The predicted octanol–water partition coefficient (Wildman–Crippen LogP) is 3.50. The molecule has 0 unspecified atom stereocenters. The van der Waals surface area contributed by atoms with Crippen molar-refractivity contribution in [1.82, 2.24) is 29.4 Å². The zero-order valence-electron chi connectivity index (χ0n) is 20.4. The number of aryl methyl sites for hydroxylation is 1. The third-order valence-corrected chi connectivity index (χ3v) is 7.62. The maximum atomic E-state index is 14.7. The smallest absolute Gasteiger partial charge is 0.407 e. The van der Waals surface area contributed by atoms with Crippen LogP contribution in [0, 0.1) is 5.82 Å². The second-order valence-electron chi connectivity index (χ2n) is 9.07. The molecule has 206 valence electrons. The van der Waals surface area contributed by atoms with E-state index in [1.165, 1.54) is 15.7 Å². The fraction of sp³-hybridized carbons (Fsp3) is 0.304. The van der Waals surface area contributed by atoms with Crippen molar-refractivity contribution in [3.63, 3.8) is 0 Å². The number of halogens is 3. The summed E-state index contributed by atoms with van der Waals surface area (Å²) in [7, 11) is -3.38. The van der Waals surface area contributed by atoms with Crippen LogP contribution in [0.15, 0.2) is 36.8 Å². The molecule has 1 saturated heterocycles. The standard InChI is InChI=1S/C23H23F3N8O4S/c1-32-20-15(13-9-29-34(11-13)14-4-6-33(7-5-14)23(35)36)10-28-21(27)18(20)19(30-32)12-2-3-17(16(24)8-12)31-39(37,38)22(25)26/h2-3,8-11,14,22,31H,4-7H2,1H3,(H2,27,28)(H,35,36). The van der Waals surface area contributed by atoms with Crippen molar-refractivity contribution in [2.45, 2.75) is 24.6 Å². The molecule has 0 saturated carbocycles. The molecule has 4 aromatic rings. The highest BCUT2D eigenvalue weighted by atomic mass is 32.2. The fourth-order valence-electron chi connectivity index (χ4n) is 4.69.